The van der Waals surface area contributed by atoms with Gasteiger partial charge in [0, 0.05) is 6.07 Å². The van der Waals surface area contributed by atoms with Crippen LogP contribution in [0.4, 0.5) is 4.39 Å². The molecular weight excluding hydrogens is 381 g/mol. The first-order chi connectivity index (χ1) is 14.6. The van der Waals surface area contributed by atoms with Crippen molar-refractivity contribution in [1.29, 1.82) is 5.26 Å². The lowest BCUT2D eigenvalue weighted by Crippen LogP contribution is -1.95. The Labute approximate surface area is 173 Å². The Bertz CT molecular complexity index is 1250. The molecular formula is C24H18FN3O2. The number of nitrogens with one attached hydrogen (secondary N) is 1. The topological polar surface area (TPSA) is 70.9 Å². The third kappa shape index (κ3) is 4.31. The molecule has 4 aromatic rings. The number of H-pyrrole nitrogens is 1. The molecule has 0 aliphatic rings. The number of rotatable bonds is 6. The summed E-state index contributed by atoms with van der Waals surface area (Å²) < 4.78 is 24.0. The molecule has 0 bridgehead atoms. The minimum atomic E-state index is -0.279. The fraction of sp³-hybridized carbons (Fsp3) is 0.0833. The average Bonchev–Trinajstić information content (AvgIpc) is 3.20. The van der Waals surface area contributed by atoms with Gasteiger partial charge in [-0.3, -0.25) is 0 Å². The van der Waals surface area contributed by atoms with Crippen molar-refractivity contribution in [3.05, 3.63) is 89.5 Å². The first kappa shape index (κ1) is 19.2. The summed E-state index contributed by atoms with van der Waals surface area (Å²) in [5.41, 5.74) is 3.63. The zero-order valence-corrected chi connectivity index (χ0v) is 16.2. The molecule has 0 amide bonds. The van der Waals surface area contributed by atoms with E-state index in [9.17, 15) is 9.65 Å². The fourth-order valence-corrected chi connectivity index (χ4v) is 3.00. The van der Waals surface area contributed by atoms with E-state index in [0.717, 1.165) is 22.2 Å². The first-order valence-corrected chi connectivity index (χ1v) is 9.28. The van der Waals surface area contributed by atoms with Crippen LogP contribution in [0.15, 0.2) is 66.7 Å². The molecule has 0 spiro atoms. The molecule has 1 aromatic heterocycles. The van der Waals surface area contributed by atoms with Crippen molar-refractivity contribution in [2.45, 2.75) is 6.61 Å². The van der Waals surface area contributed by atoms with Crippen LogP contribution >= 0.6 is 0 Å². The molecule has 6 heteroatoms. The Kier molecular flexibility index (Phi) is 5.44. The number of imidazole rings is 1. The molecule has 0 atom stereocenters. The number of nitrogens with zero attached hydrogens (tertiary/aromatic N) is 2. The molecule has 1 heterocycles. The third-order valence-electron chi connectivity index (χ3n) is 4.55. The van der Waals surface area contributed by atoms with Crippen LogP contribution in [0.1, 0.15) is 17.0 Å². The molecule has 1 N–H and O–H groups in total. The summed E-state index contributed by atoms with van der Waals surface area (Å²) in [6.45, 7) is 0.323. The summed E-state index contributed by atoms with van der Waals surface area (Å²) in [4.78, 5) is 7.66. The van der Waals surface area contributed by atoms with Gasteiger partial charge in [0.05, 0.1) is 23.7 Å². The maximum atomic E-state index is 13.0. The van der Waals surface area contributed by atoms with Crippen molar-refractivity contribution < 1.29 is 13.9 Å². The predicted molar refractivity (Wildman–Crippen MR) is 113 cm³/mol. The molecule has 0 aliphatic heterocycles. The van der Waals surface area contributed by atoms with E-state index in [2.05, 4.69) is 16.0 Å². The standard InChI is InChI=1S/C24H18FN3O2/c1-29-20-9-10-22-23(13-20)28-24(27-22)18(14-26)11-17-3-2-4-21(12-17)30-15-16-5-7-19(25)8-6-16/h2-13H,15H2,1H3,(H,27,28). The van der Waals surface area contributed by atoms with Crippen LogP contribution in [-0.2, 0) is 6.61 Å². The van der Waals surface area contributed by atoms with E-state index in [-0.39, 0.29) is 5.82 Å². The summed E-state index contributed by atoms with van der Waals surface area (Å²) in [5, 5.41) is 9.65. The van der Waals surface area contributed by atoms with Crippen molar-refractivity contribution in [2.75, 3.05) is 7.11 Å². The van der Waals surface area contributed by atoms with Gasteiger partial charge in [0.2, 0.25) is 0 Å². The lowest BCUT2D eigenvalue weighted by atomic mass is 10.1. The van der Waals surface area contributed by atoms with E-state index < -0.39 is 0 Å². The number of ether oxygens (including phenoxy) is 2. The number of fused-ring (bicyclic) bond motifs is 1. The number of halogens is 1. The molecule has 0 saturated heterocycles. The van der Waals surface area contributed by atoms with E-state index in [4.69, 9.17) is 9.47 Å². The van der Waals surface area contributed by atoms with Crippen LogP contribution in [0.3, 0.4) is 0 Å². The lowest BCUT2D eigenvalue weighted by Gasteiger charge is -2.07. The number of methoxy groups -OCH3 is 1. The van der Waals surface area contributed by atoms with Gasteiger partial charge >= 0.3 is 0 Å². The van der Waals surface area contributed by atoms with Crippen molar-refractivity contribution in [3.8, 4) is 17.6 Å². The van der Waals surface area contributed by atoms with Gasteiger partial charge < -0.3 is 14.5 Å². The highest BCUT2D eigenvalue weighted by Gasteiger charge is 2.09. The fourth-order valence-electron chi connectivity index (χ4n) is 3.00. The quantitative estimate of drug-likeness (QED) is 0.444. The highest BCUT2D eigenvalue weighted by molar-refractivity contribution is 5.90. The van der Waals surface area contributed by atoms with Gasteiger partial charge in [-0.25, -0.2) is 9.37 Å². The highest BCUT2D eigenvalue weighted by atomic mass is 19.1. The maximum absolute atomic E-state index is 13.0. The number of allylic oxidation sites excluding steroid dienone is 1. The number of nitriles is 1. The Morgan fingerprint density at radius 3 is 2.70 bits per heavy atom. The van der Waals surface area contributed by atoms with Gasteiger partial charge in [-0.05, 0) is 53.6 Å². The zero-order valence-electron chi connectivity index (χ0n) is 16.2. The Hall–Kier alpha value is -4.11. The summed E-state index contributed by atoms with van der Waals surface area (Å²) in [6, 6.07) is 21.3. The molecule has 0 unspecified atom stereocenters. The van der Waals surface area contributed by atoms with E-state index in [1.54, 1.807) is 25.3 Å². The van der Waals surface area contributed by atoms with E-state index in [1.165, 1.54) is 12.1 Å². The number of benzene rings is 3. The largest absolute Gasteiger partial charge is 0.497 e. The molecule has 30 heavy (non-hydrogen) atoms. The van der Waals surface area contributed by atoms with Crippen molar-refractivity contribution >= 4 is 22.7 Å². The average molecular weight is 399 g/mol. The summed E-state index contributed by atoms with van der Waals surface area (Å²) in [5.74, 6) is 1.57. The molecule has 0 aliphatic carbocycles. The minimum Gasteiger partial charge on any atom is -0.497 e. The second-order valence-electron chi connectivity index (χ2n) is 6.63. The number of hydrogen-bond acceptors (Lipinski definition) is 4. The van der Waals surface area contributed by atoms with Crippen molar-refractivity contribution in [1.82, 2.24) is 9.97 Å². The molecule has 5 nitrogen and oxygen atoms in total. The van der Waals surface area contributed by atoms with Gasteiger partial charge in [-0.15, -0.1) is 0 Å². The Morgan fingerprint density at radius 1 is 1.10 bits per heavy atom. The van der Waals surface area contributed by atoms with E-state index in [1.807, 2.05) is 42.5 Å². The minimum absolute atomic E-state index is 0.279. The Balaban J connectivity index is 1.56. The van der Waals surface area contributed by atoms with Crippen molar-refractivity contribution in [3.63, 3.8) is 0 Å². The number of aromatic nitrogens is 2. The van der Waals surface area contributed by atoms with E-state index in [0.29, 0.717) is 29.5 Å². The molecule has 0 fully saturated rings. The predicted octanol–water partition coefficient (Wildman–Crippen LogP) is 5.35. The number of hydrogen-bond donors (Lipinski definition) is 1. The van der Waals surface area contributed by atoms with Gasteiger partial charge in [0.15, 0.2) is 0 Å². The van der Waals surface area contributed by atoms with Crippen molar-refractivity contribution in [2.24, 2.45) is 0 Å². The van der Waals surface area contributed by atoms with Gasteiger partial charge in [-0.2, -0.15) is 5.26 Å². The first-order valence-electron chi connectivity index (χ1n) is 9.28. The van der Waals surface area contributed by atoms with Gasteiger partial charge in [-0.1, -0.05) is 24.3 Å². The summed E-state index contributed by atoms with van der Waals surface area (Å²) in [7, 11) is 1.60. The van der Waals surface area contributed by atoms with Crippen LogP contribution < -0.4 is 9.47 Å². The van der Waals surface area contributed by atoms with Gasteiger partial charge in [0.25, 0.3) is 0 Å². The van der Waals surface area contributed by atoms with Crippen LogP contribution in [0, 0.1) is 17.1 Å². The van der Waals surface area contributed by atoms with Crippen LogP contribution in [0.2, 0.25) is 0 Å². The Morgan fingerprint density at radius 2 is 1.93 bits per heavy atom. The number of aromatic amines is 1. The highest BCUT2D eigenvalue weighted by Crippen LogP contribution is 2.24. The van der Waals surface area contributed by atoms with Gasteiger partial charge in [0.1, 0.15) is 35.8 Å². The smallest absolute Gasteiger partial charge is 0.149 e. The molecule has 148 valence electrons. The summed E-state index contributed by atoms with van der Waals surface area (Å²) >= 11 is 0. The monoisotopic (exact) mass is 399 g/mol. The van der Waals surface area contributed by atoms with E-state index >= 15 is 0 Å². The molecule has 0 saturated carbocycles. The normalized spacial score (nSPS) is 11.3. The molecule has 0 radical (unpaired) electrons. The summed E-state index contributed by atoms with van der Waals surface area (Å²) in [6.07, 6.45) is 1.75. The molecule has 3 aromatic carbocycles. The second kappa shape index (κ2) is 8.50. The SMILES string of the molecule is COc1ccc2nc(C(C#N)=Cc3cccc(OCc4ccc(F)cc4)c3)[nH]c2c1. The zero-order chi connectivity index (χ0) is 20.9. The second-order valence-corrected chi connectivity index (χ2v) is 6.63. The lowest BCUT2D eigenvalue weighted by molar-refractivity contribution is 0.306. The molecule has 4 rings (SSSR count). The third-order valence-corrected chi connectivity index (χ3v) is 4.55. The van der Waals surface area contributed by atoms with Crippen LogP contribution in [0.5, 0.6) is 11.5 Å². The van der Waals surface area contributed by atoms with Crippen LogP contribution in [-0.4, -0.2) is 17.1 Å². The van der Waals surface area contributed by atoms with Crippen LogP contribution in [0.25, 0.3) is 22.7 Å². The maximum Gasteiger partial charge on any atom is 0.149 e.